The normalized spacial score (nSPS) is 19.6. The Morgan fingerprint density at radius 3 is 2.35 bits per heavy atom. The lowest BCUT2D eigenvalue weighted by atomic mass is 9.79. The highest BCUT2D eigenvalue weighted by Gasteiger charge is 2.26. The van der Waals surface area contributed by atoms with E-state index in [2.05, 4.69) is 5.32 Å². The Hall–Kier alpha value is -1.20. The molecule has 0 spiro atoms. The molecule has 0 aliphatic heterocycles. The molecule has 1 saturated carbocycles. The summed E-state index contributed by atoms with van der Waals surface area (Å²) in [6, 6.07) is -1.50. The smallest absolute Gasteiger partial charge is 0.326 e. The van der Waals surface area contributed by atoms with E-state index in [4.69, 9.17) is 5.11 Å². The van der Waals surface area contributed by atoms with Crippen molar-refractivity contribution in [1.29, 1.82) is 0 Å². The van der Waals surface area contributed by atoms with E-state index in [-0.39, 0.29) is 12.3 Å². The molecule has 1 aliphatic carbocycles. The number of hydrogen-bond acceptors (Lipinski definition) is 2. The maximum atomic E-state index is 12.2. The second-order valence-corrected chi connectivity index (χ2v) is 5.66. The van der Waals surface area contributed by atoms with Gasteiger partial charge in [0.15, 0.2) is 0 Å². The molecule has 1 amide bonds. The number of carbonyl (C=O) groups is 2. The number of alkyl halides is 2. The van der Waals surface area contributed by atoms with Gasteiger partial charge < -0.3 is 10.4 Å². The van der Waals surface area contributed by atoms with Gasteiger partial charge in [-0.15, -0.1) is 0 Å². The second kappa shape index (κ2) is 8.17. The number of halogens is 2. The van der Waals surface area contributed by atoms with Crippen LogP contribution in [-0.2, 0) is 9.59 Å². The lowest BCUT2D eigenvalue weighted by Gasteiger charge is -2.27. The Kier molecular flexibility index (Phi) is 6.88. The standard InChI is InChI=1S/C14H23F2NO3/c1-9(10-5-3-2-4-6-10)7-13(18)17-11(14(19)20)8-12(15)16/h9-12H,2-8H2,1H3,(H,17,18)(H,19,20). The molecule has 116 valence electrons. The molecule has 4 nitrogen and oxygen atoms in total. The summed E-state index contributed by atoms with van der Waals surface area (Å²) in [6.45, 7) is 1.97. The van der Waals surface area contributed by atoms with Crippen LogP contribution in [0.5, 0.6) is 0 Å². The van der Waals surface area contributed by atoms with Gasteiger partial charge in [-0.25, -0.2) is 13.6 Å². The first kappa shape index (κ1) is 16.9. The van der Waals surface area contributed by atoms with Crippen molar-refractivity contribution in [3.8, 4) is 0 Å². The lowest BCUT2D eigenvalue weighted by Crippen LogP contribution is -2.42. The Morgan fingerprint density at radius 2 is 1.85 bits per heavy atom. The van der Waals surface area contributed by atoms with Crippen molar-refractivity contribution in [1.82, 2.24) is 5.32 Å². The number of carboxylic acid groups (broad SMARTS) is 1. The molecule has 0 aromatic carbocycles. The Labute approximate surface area is 117 Å². The number of aliphatic carboxylic acids is 1. The van der Waals surface area contributed by atoms with E-state index in [1.54, 1.807) is 0 Å². The predicted octanol–water partition coefficient (Wildman–Crippen LogP) is 2.82. The summed E-state index contributed by atoms with van der Waals surface area (Å²) in [6.07, 6.45) is 2.36. The molecule has 0 radical (unpaired) electrons. The second-order valence-electron chi connectivity index (χ2n) is 5.66. The van der Waals surface area contributed by atoms with Crippen molar-refractivity contribution in [2.75, 3.05) is 0 Å². The minimum absolute atomic E-state index is 0.163. The van der Waals surface area contributed by atoms with Crippen LogP contribution in [0.2, 0.25) is 0 Å². The van der Waals surface area contributed by atoms with Crippen LogP contribution in [-0.4, -0.2) is 29.5 Å². The van der Waals surface area contributed by atoms with Crippen LogP contribution in [0, 0.1) is 11.8 Å². The SMILES string of the molecule is CC(CC(=O)NC(CC(F)F)C(=O)O)C1CCCCC1. The maximum absolute atomic E-state index is 12.2. The molecule has 6 heteroatoms. The van der Waals surface area contributed by atoms with Gasteiger partial charge in [0.05, 0.1) is 0 Å². The first-order valence-electron chi connectivity index (χ1n) is 7.20. The van der Waals surface area contributed by atoms with Gasteiger partial charge in [-0.2, -0.15) is 0 Å². The Balaban J connectivity index is 2.41. The van der Waals surface area contributed by atoms with Gasteiger partial charge in [-0.05, 0) is 11.8 Å². The van der Waals surface area contributed by atoms with E-state index < -0.39 is 30.8 Å². The molecule has 0 aromatic rings. The maximum Gasteiger partial charge on any atom is 0.326 e. The third-order valence-electron chi connectivity index (χ3n) is 4.01. The zero-order valence-corrected chi connectivity index (χ0v) is 11.8. The minimum Gasteiger partial charge on any atom is -0.480 e. The van der Waals surface area contributed by atoms with Gasteiger partial charge in [0.2, 0.25) is 12.3 Å². The zero-order valence-electron chi connectivity index (χ0n) is 11.8. The molecular formula is C14H23F2NO3. The third-order valence-corrected chi connectivity index (χ3v) is 4.01. The highest BCUT2D eigenvalue weighted by molar-refractivity contribution is 5.83. The molecule has 0 aromatic heterocycles. The van der Waals surface area contributed by atoms with E-state index in [9.17, 15) is 18.4 Å². The molecule has 2 N–H and O–H groups in total. The lowest BCUT2D eigenvalue weighted by molar-refractivity contribution is -0.143. The van der Waals surface area contributed by atoms with Crippen molar-refractivity contribution in [2.24, 2.45) is 11.8 Å². The molecule has 2 atom stereocenters. The number of hydrogen-bond donors (Lipinski definition) is 2. The van der Waals surface area contributed by atoms with Gasteiger partial charge in [-0.3, -0.25) is 4.79 Å². The molecule has 2 unspecified atom stereocenters. The number of carboxylic acids is 1. The van der Waals surface area contributed by atoms with Crippen LogP contribution in [0.15, 0.2) is 0 Å². The van der Waals surface area contributed by atoms with Gasteiger partial charge >= 0.3 is 5.97 Å². The number of nitrogens with one attached hydrogen (secondary N) is 1. The van der Waals surface area contributed by atoms with Crippen LogP contribution < -0.4 is 5.32 Å². The summed E-state index contributed by atoms with van der Waals surface area (Å²) < 4.78 is 24.5. The fraction of sp³-hybridized carbons (Fsp3) is 0.857. The largest absolute Gasteiger partial charge is 0.480 e. The molecule has 1 fully saturated rings. The molecular weight excluding hydrogens is 268 g/mol. The topological polar surface area (TPSA) is 66.4 Å². The van der Waals surface area contributed by atoms with Crippen LogP contribution >= 0.6 is 0 Å². The van der Waals surface area contributed by atoms with Crippen molar-refractivity contribution in [3.05, 3.63) is 0 Å². The quantitative estimate of drug-likeness (QED) is 0.758. The first-order chi connectivity index (χ1) is 9.40. The van der Waals surface area contributed by atoms with E-state index in [1.807, 2.05) is 6.92 Å². The van der Waals surface area contributed by atoms with Crippen LogP contribution in [0.1, 0.15) is 51.9 Å². The average molecular weight is 291 g/mol. The summed E-state index contributed by atoms with van der Waals surface area (Å²) in [4.78, 5) is 22.6. The molecule has 1 rings (SSSR count). The van der Waals surface area contributed by atoms with E-state index in [0.29, 0.717) is 5.92 Å². The highest BCUT2D eigenvalue weighted by atomic mass is 19.3. The summed E-state index contributed by atoms with van der Waals surface area (Å²) in [7, 11) is 0. The minimum atomic E-state index is -2.74. The summed E-state index contributed by atoms with van der Waals surface area (Å²) in [5.74, 6) is -1.22. The van der Waals surface area contributed by atoms with Gasteiger partial charge in [0, 0.05) is 12.8 Å². The molecule has 0 heterocycles. The van der Waals surface area contributed by atoms with Gasteiger partial charge in [0.1, 0.15) is 6.04 Å². The Bertz CT molecular complexity index is 330. The molecule has 0 bridgehead atoms. The van der Waals surface area contributed by atoms with Crippen molar-refractivity contribution in [3.63, 3.8) is 0 Å². The van der Waals surface area contributed by atoms with Gasteiger partial charge in [0.25, 0.3) is 0 Å². The third kappa shape index (κ3) is 5.84. The van der Waals surface area contributed by atoms with Crippen LogP contribution in [0.3, 0.4) is 0 Å². The monoisotopic (exact) mass is 291 g/mol. The Morgan fingerprint density at radius 1 is 1.25 bits per heavy atom. The number of amides is 1. The van der Waals surface area contributed by atoms with Gasteiger partial charge in [-0.1, -0.05) is 39.0 Å². The number of carbonyl (C=O) groups excluding carboxylic acids is 1. The van der Waals surface area contributed by atoms with Crippen molar-refractivity contribution >= 4 is 11.9 Å². The van der Waals surface area contributed by atoms with E-state index in [0.717, 1.165) is 12.8 Å². The van der Waals surface area contributed by atoms with Crippen LogP contribution in [0.4, 0.5) is 8.78 Å². The predicted molar refractivity (Wildman–Crippen MR) is 70.5 cm³/mol. The van der Waals surface area contributed by atoms with Crippen molar-refractivity contribution in [2.45, 2.75) is 64.3 Å². The van der Waals surface area contributed by atoms with E-state index in [1.165, 1.54) is 19.3 Å². The van der Waals surface area contributed by atoms with E-state index >= 15 is 0 Å². The average Bonchev–Trinajstić information content (AvgIpc) is 2.38. The highest BCUT2D eigenvalue weighted by Crippen LogP contribution is 2.31. The number of rotatable bonds is 7. The summed E-state index contributed by atoms with van der Waals surface area (Å²) in [5.41, 5.74) is 0. The fourth-order valence-corrected chi connectivity index (χ4v) is 2.82. The molecule has 0 saturated heterocycles. The first-order valence-corrected chi connectivity index (χ1v) is 7.20. The zero-order chi connectivity index (χ0) is 15.1. The molecule has 20 heavy (non-hydrogen) atoms. The summed E-state index contributed by atoms with van der Waals surface area (Å²) >= 11 is 0. The molecule has 1 aliphatic rings. The van der Waals surface area contributed by atoms with Crippen molar-refractivity contribution < 1.29 is 23.5 Å². The summed E-state index contributed by atoms with van der Waals surface area (Å²) in [5, 5.41) is 11.0. The van der Waals surface area contributed by atoms with Crippen LogP contribution in [0.25, 0.3) is 0 Å². The fourth-order valence-electron chi connectivity index (χ4n) is 2.82.